The molecule has 0 saturated carbocycles. The van der Waals surface area contributed by atoms with Crippen molar-refractivity contribution in [3.8, 4) is 11.3 Å². The second kappa shape index (κ2) is 8.19. The second-order valence-corrected chi connectivity index (χ2v) is 8.76. The number of nitrogens with zero attached hydrogens (tertiary/aromatic N) is 6. The Labute approximate surface area is 191 Å². The number of rotatable bonds is 3. The van der Waals surface area contributed by atoms with E-state index in [1.807, 2.05) is 10.3 Å². The highest BCUT2D eigenvalue weighted by Gasteiger charge is 2.27. The predicted octanol–water partition coefficient (Wildman–Crippen LogP) is 3.53. The lowest BCUT2D eigenvalue weighted by atomic mass is 10.1. The summed E-state index contributed by atoms with van der Waals surface area (Å²) >= 11 is 7.45. The third-order valence-electron chi connectivity index (χ3n) is 5.40. The van der Waals surface area contributed by atoms with Gasteiger partial charge in [-0.25, -0.2) is 24.3 Å². The van der Waals surface area contributed by atoms with E-state index in [1.54, 1.807) is 26.2 Å². The number of halogens is 2. The van der Waals surface area contributed by atoms with Crippen molar-refractivity contribution in [2.24, 2.45) is 7.05 Å². The molecule has 1 saturated heterocycles. The van der Waals surface area contributed by atoms with Crippen LogP contribution in [0.4, 0.5) is 10.3 Å². The summed E-state index contributed by atoms with van der Waals surface area (Å²) in [5, 5.41) is 3.01. The van der Waals surface area contributed by atoms with Gasteiger partial charge >= 0.3 is 0 Å². The molecule has 3 aromatic heterocycles. The van der Waals surface area contributed by atoms with Crippen molar-refractivity contribution >= 4 is 39.9 Å². The zero-order chi connectivity index (χ0) is 22.4. The van der Waals surface area contributed by atoms with Gasteiger partial charge < -0.3 is 9.64 Å². The highest BCUT2D eigenvalue weighted by atomic mass is 35.5. The Hall–Kier alpha value is -2.95. The van der Waals surface area contributed by atoms with Gasteiger partial charge in [-0.05, 0) is 25.1 Å². The molecule has 164 valence electrons. The maximum atomic E-state index is 14.9. The summed E-state index contributed by atoms with van der Waals surface area (Å²) in [6, 6.07) is 4.33. The zero-order valence-corrected chi connectivity index (χ0v) is 18.8. The molecule has 4 aromatic rings. The average molecular weight is 473 g/mol. The van der Waals surface area contributed by atoms with E-state index in [1.165, 1.54) is 28.0 Å². The number of aromatic nitrogens is 5. The van der Waals surface area contributed by atoms with Gasteiger partial charge in [-0.2, -0.15) is 0 Å². The molecule has 0 bridgehead atoms. The smallest absolute Gasteiger partial charge is 0.279 e. The van der Waals surface area contributed by atoms with Gasteiger partial charge in [-0.15, -0.1) is 11.3 Å². The van der Waals surface area contributed by atoms with Gasteiger partial charge in [0.05, 0.1) is 13.2 Å². The minimum atomic E-state index is -0.550. The molecule has 0 amide bonds. The number of hydrogen-bond acceptors (Lipinski definition) is 8. The lowest BCUT2D eigenvalue weighted by molar-refractivity contribution is 0.0391. The minimum absolute atomic E-state index is 0.129. The molecule has 4 heterocycles. The Morgan fingerprint density at radius 2 is 2.09 bits per heavy atom. The van der Waals surface area contributed by atoms with Crippen molar-refractivity contribution in [1.82, 2.24) is 24.5 Å². The summed E-state index contributed by atoms with van der Waals surface area (Å²) in [6.45, 7) is 3.13. The first-order valence-electron chi connectivity index (χ1n) is 9.89. The first-order chi connectivity index (χ1) is 15.4. The van der Waals surface area contributed by atoms with E-state index < -0.39 is 5.82 Å². The van der Waals surface area contributed by atoms with Crippen molar-refractivity contribution in [2.75, 3.05) is 24.6 Å². The number of fused-ring (bicyclic) bond motifs is 1. The first kappa shape index (κ1) is 20.9. The molecule has 1 aromatic carbocycles. The summed E-state index contributed by atoms with van der Waals surface area (Å²) in [7, 11) is 1.63. The van der Waals surface area contributed by atoms with Crippen LogP contribution < -0.4 is 10.5 Å². The fraction of sp³-hybridized carbons (Fsp3) is 0.286. The number of hydrogen-bond donors (Lipinski definition) is 0. The number of morpholine rings is 1. The second-order valence-electron chi connectivity index (χ2n) is 7.39. The molecule has 8 nitrogen and oxygen atoms in total. The van der Waals surface area contributed by atoms with Crippen LogP contribution in [0, 0.1) is 12.7 Å². The molecule has 1 fully saturated rings. The molecule has 0 spiro atoms. The predicted molar refractivity (Wildman–Crippen MR) is 121 cm³/mol. The molecule has 1 atom stereocenters. The quantitative estimate of drug-likeness (QED) is 0.451. The van der Waals surface area contributed by atoms with Crippen molar-refractivity contribution in [3.63, 3.8) is 0 Å². The van der Waals surface area contributed by atoms with Gasteiger partial charge in [0.1, 0.15) is 34.0 Å². The van der Waals surface area contributed by atoms with Crippen molar-refractivity contribution in [2.45, 2.75) is 13.0 Å². The molecule has 1 aliphatic rings. The molecule has 0 aliphatic carbocycles. The fourth-order valence-corrected chi connectivity index (χ4v) is 4.46. The SMILES string of the molecule is Cc1nc2c(-c3ccc(Cl)cc3F)nc(N3CCOC(c4nccs4)C3)nc2c(=O)n1C. The Balaban J connectivity index is 1.69. The molecular weight excluding hydrogens is 455 g/mol. The van der Waals surface area contributed by atoms with Gasteiger partial charge in [-0.1, -0.05) is 11.6 Å². The topological polar surface area (TPSA) is 86.0 Å². The standard InChI is InChI=1S/C21H18ClFN6O2S/c1-11-25-17-16(13-4-3-12(22)9-14(13)23)26-21(27-18(17)20(30)28(11)2)29-6-7-31-15(10-29)19-24-5-8-32-19/h3-5,8-9,15H,6-7,10H2,1-2H3. The monoisotopic (exact) mass is 472 g/mol. The van der Waals surface area contributed by atoms with E-state index in [9.17, 15) is 9.18 Å². The van der Waals surface area contributed by atoms with Gasteiger partial charge in [0.25, 0.3) is 5.56 Å². The van der Waals surface area contributed by atoms with Crippen LogP contribution >= 0.6 is 22.9 Å². The van der Waals surface area contributed by atoms with Crippen molar-refractivity contribution in [3.05, 3.63) is 61.8 Å². The van der Waals surface area contributed by atoms with Gasteiger partial charge in [0.15, 0.2) is 5.52 Å². The third kappa shape index (κ3) is 3.64. The molecule has 0 N–H and O–H groups in total. The minimum Gasteiger partial charge on any atom is -0.367 e. The number of benzene rings is 1. The molecule has 1 aliphatic heterocycles. The maximum Gasteiger partial charge on any atom is 0.279 e. The largest absolute Gasteiger partial charge is 0.367 e. The van der Waals surface area contributed by atoms with E-state index >= 15 is 0 Å². The van der Waals surface area contributed by atoms with Crippen LogP contribution in [0.1, 0.15) is 16.9 Å². The lowest BCUT2D eigenvalue weighted by Gasteiger charge is -2.32. The van der Waals surface area contributed by atoms with E-state index in [0.717, 1.165) is 5.01 Å². The van der Waals surface area contributed by atoms with Crippen LogP contribution in [0.2, 0.25) is 5.02 Å². The molecule has 11 heteroatoms. The van der Waals surface area contributed by atoms with Crippen LogP contribution in [0.5, 0.6) is 0 Å². The third-order valence-corrected chi connectivity index (χ3v) is 6.50. The van der Waals surface area contributed by atoms with Crippen molar-refractivity contribution in [1.29, 1.82) is 0 Å². The Morgan fingerprint density at radius 1 is 1.25 bits per heavy atom. The molecular formula is C21H18ClFN6O2S. The highest BCUT2D eigenvalue weighted by Crippen LogP contribution is 2.31. The van der Waals surface area contributed by atoms with Gasteiger partial charge in [0.2, 0.25) is 5.95 Å². The number of thiazole rings is 1. The summed E-state index contributed by atoms with van der Waals surface area (Å²) in [5.41, 5.74) is 0.506. The normalized spacial score (nSPS) is 16.6. The van der Waals surface area contributed by atoms with E-state index in [0.29, 0.717) is 31.5 Å². The van der Waals surface area contributed by atoms with Crippen LogP contribution in [0.25, 0.3) is 22.3 Å². The first-order valence-corrected chi connectivity index (χ1v) is 11.1. The van der Waals surface area contributed by atoms with Crippen molar-refractivity contribution < 1.29 is 9.13 Å². The molecule has 0 radical (unpaired) electrons. The number of anilines is 1. The van der Waals surface area contributed by atoms with Gasteiger partial charge in [-0.3, -0.25) is 9.36 Å². The maximum absolute atomic E-state index is 14.9. The van der Waals surface area contributed by atoms with Crippen LogP contribution in [0.15, 0.2) is 34.6 Å². The van der Waals surface area contributed by atoms with Crippen LogP contribution in [0.3, 0.4) is 0 Å². The number of ether oxygens (including phenoxy) is 1. The zero-order valence-electron chi connectivity index (χ0n) is 17.2. The van der Waals surface area contributed by atoms with Crippen LogP contribution in [-0.2, 0) is 11.8 Å². The molecule has 32 heavy (non-hydrogen) atoms. The summed E-state index contributed by atoms with van der Waals surface area (Å²) in [4.78, 5) is 33.0. The Bertz CT molecular complexity index is 1380. The Morgan fingerprint density at radius 3 is 2.84 bits per heavy atom. The van der Waals surface area contributed by atoms with E-state index in [4.69, 9.17) is 16.3 Å². The Kier molecular flexibility index (Phi) is 5.36. The molecule has 1 unspecified atom stereocenters. The fourth-order valence-electron chi connectivity index (χ4n) is 3.63. The number of aryl methyl sites for hydroxylation is 1. The van der Waals surface area contributed by atoms with Crippen LogP contribution in [-0.4, -0.2) is 44.2 Å². The summed E-state index contributed by atoms with van der Waals surface area (Å²) in [5.74, 6) is 0.241. The van der Waals surface area contributed by atoms with E-state index in [2.05, 4.69) is 19.9 Å². The highest BCUT2D eigenvalue weighted by molar-refractivity contribution is 7.09. The van der Waals surface area contributed by atoms with Gasteiger partial charge in [0, 0.05) is 35.8 Å². The average Bonchev–Trinajstić information content (AvgIpc) is 3.33. The molecule has 5 rings (SSSR count). The summed E-state index contributed by atoms with van der Waals surface area (Å²) < 4.78 is 22.2. The lowest BCUT2D eigenvalue weighted by Crippen LogP contribution is -2.39. The summed E-state index contributed by atoms with van der Waals surface area (Å²) in [6.07, 6.45) is 1.49. The van der Waals surface area contributed by atoms with E-state index in [-0.39, 0.29) is 39.0 Å².